The van der Waals surface area contributed by atoms with Crippen LogP contribution >= 0.6 is 11.8 Å². The smallest absolute Gasteiger partial charge is 0.0147 e. The van der Waals surface area contributed by atoms with Crippen LogP contribution in [0.1, 0.15) is 12.8 Å². The molecule has 0 bridgehead atoms. The van der Waals surface area contributed by atoms with Gasteiger partial charge in [-0.25, -0.2) is 0 Å². The highest BCUT2D eigenvalue weighted by Crippen LogP contribution is 2.38. The van der Waals surface area contributed by atoms with Gasteiger partial charge in [0.15, 0.2) is 0 Å². The van der Waals surface area contributed by atoms with Crippen LogP contribution < -0.4 is 5.32 Å². The Hall–Kier alpha value is -0.110. The second-order valence-corrected chi connectivity index (χ2v) is 3.79. The second-order valence-electron chi connectivity index (χ2n) is 2.62. The highest BCUT2D eigenvalue weighted by atomic mass is 32.2. The lowest BCUT2D eigenvalue weighted by molar-refractivity contribution is 0.540. The predicted octanol–water partition coefficient (Wildman–Crippen LogP) is 1.57. The zero-order valence-electron chi connectivity index (χ0n) is 5.39. The summed E-state index contributed by atoms with van der Waals surface area (Å²) in [6.07, 6.45) is 4.98. The van der Waals surface area contributed by atoms with E-state index in [-0.39, 0.29) is 0 Å². The molecule has 2 rings (SSSR count). The second kappa shape index (κ2) is 2.25. The molecule has 1 N–H and O–H groups in total. The molecule has 50 valence electrons. The molecule has 0 aromatic heterocycles. The minimum absolute atomic E-state index is 0.927. The molecule has 1 fully saturated rings. The summed E-state index contributed by atoms with van der Waals surface area (Å²) in [6, 6.07) is 0. The van der Waals surface area contributed by atoms with Crippen molar-refractivity contribution in [3.63, 3.8) is 0 Å². The van der Waals surface area contributed by atoms with Crippen molar-refractivity contribution in [3.05, 3.63) is 11.1 Å². The van der Waals surface area contributed by atoms with Gasteiger partial charge in [-0.15, -0.1) is 11.8 Å². The van der Waals surface area contributed by atoms with Crippen LogP contribution in [0.2, 0.25) is 0 Å². The molecule has 0 aromatic rings. The van der Waals surface area contributed by atoms with Crippen molar-refractivity contribution < 1.29 is 0 Å². The van der Waals surface area contributed by atoms with E-state index < -0.39 is 0 Å². The first-order valence-corrected chi connectivity index (χ1v) is 4.51. The minimum atomic E-state index is 0.927. The van der Waals surface area contributed by atoms with Crippen LogP contribution in [0.5, 0.6) is 0 Å². The number of hydrogen-bond acceptors (Lipinski definition) is 2. The Labute approximate surface area is 59.9 Å². The van der Waals surface area contributed by atoms with Gasteiger partial charge in [-0.05, 0) is 24.5 Å². The third kappa shape index (κ3) is 0.960. The van der Waals surface area contributed by atoms with E-state index in [1.54, 1.807) is 4.91 Å². The van der Waals surface area contributed by atoms with E-state index in [9.17, 15) is 0 Å². The van der Waals surface area contributed by atoms with E-state index in [1.165, 1.54) is 25.1 Å². The quantitative estimate of drug-likeness (QED) is 0.549. The molecule has 1 atom stereocenters. The molecule has 2 aliphatic rings. The van der Waals surface area contributed by atoms with Gasteiger partial charge in [0, 0.05) is 17.6 Å². The molecule has 1 unspecified atom stereocenters. The standard InChI is InChI=1S/C7H11NS/c1-3-8-5-7-6(1)2-4-9-7/h5-6,8H,1-4H2. The summed E-state index contributed by atoms with van der Waals surface area (Å²) in [7, 11) is 0. The summed E-state index contributed by atoms with van der Waals surface area (Å²) in [5, 5.41) is 3.27. The molecule has 0 aromatic carbocycles. The Morgan fingerprint density at radius 3 is 3.44 bits per heavy atom. The highest BCUT2D eigenvalue weighted by molar-refractivity contribution is 8.03. The molecule has 0 radical (unpaired) electrons. The third-order valence-corrected chi connectivity index (χ3v) is 3.24. The molecule has 0 saturated carbocycles. The summed E-state index contributed by atoms with van der Waals surface area (Å²) in [6.45, 7) is 1.19. The fourth-order valence-electron chi connectivity index (χ4n) is 1.46. The summed E-state index contributed by atoms with van der Waals surface area (Å²) in [5.74, 6) is 2.27. The first-order chi connectivity index (χ1) is 4.47. The fraction of sp³-hybridized carbons (Fsp3) is 0.714. The van der Waals surface area contributed by atoms with Crippen molar-refractivity contribution in [1.82, 2.24) is 5.32 Å². The SMILES string of the molecule is C1=C2SCCC2CCN1. The van der Waals surface area contributed by atoms with Gasteiger partial charge in [0.25, 0.3) is 0 Å². The number of allylic oxidation sites excluding steroid dienone is 1. The Bertz CT molecular complexity index is 142. The number of thioether (sulfide) groups is 1. The van der Waals surface area contributed by atoms with Crippen molar-refractivity contribution in [2.45, 2.75) is 12.8 Å². The van der Waals surface area contributed by atoms with Gasteiger partial charge in [0.2, 0.25) is 0 Å². The van der Waals surface area contributed by atoms with E-state index in [0.29, 0.717) is 0 Å². The van der Waals surface area contributed by atoms with Gasteiger partial charge >= 0.3 is 0 Å². The maximum Gasteiger partial charge on any atom is 0.0147 e. The topological polar surface area (TPSA) is 12.0 Å². The van der Waals surface area contributed by atoms with Gasteiger partial charge in [0.05, 0.1) is 0 Å². The zero-order chi connectivity index (χ0) is 6.10. The van der Waals surface area contributed by atoms with Crippen LogP contribution in [0.4, 0.5) is 0 Å². The molecule has 9 heavy (non-hydrogen) atoms. The Morgan fingerprint density at radius 2 is 2.56 bits per heavy atom. The fourth-order valence-corrected chi connectivity index (χ4v) is 2.73. The van der Waals surface area contributed by atoms with Gasteiger partial charge < -0.3 is 5.32 Å². The first kappa shape index (κ1) is 5.66. The summed E-state index contributed by atoms with van der Waals surface area (Å²) < 4.78 is 0. The normalized spacial score (nSPS) is 32.9. The number of rotatable bonds is 0. The van der Waals surface area contributed by atoms with Crippen LogP contribution in [-0.4, -0.2) is 12.3 Å². The van der Waals surface area contributed by atoms with E-state index in [2.05, 4.69) is 11.5 Å². The van der Waals surface area contributed by atoms with E-state index in [4.69, 9.17) is 0 Å². The summed E-state index contributed by atoms with van der Waals surface area (Å²) in [4.78, 5) is 1.60. The molecule has 2 heterocycles. The van der Waals surface area contributed by atoms with Crippen molar-refractivity contribution in [2.75, 3.05) is 12.3 Å². The molecule has 0 spiro atoms. The number of hydrogen-bond donors (Lipinski definition) is 1. The van der Waals surface area contributed by atoms with E-state index >= 15 is 0 Å². The predicted molar refractivity (Wildman–Crippen MR) is 41.3 cm³/mol. The van der Waals surface area contributed by atoms with Gasteiger partial charge in [0.1, 0.15) is 0 Å². The van der Waals surface area contributed by atoms with Crippen LogP contribution in [0.15, 0.2) is 11.1 Å². The average Bonchev–Trinajstić information content (AvgIpc) is 2.33. The van der Waals surface area contributed by atoms with Gasteiger partial charge in [-0.1, -0.05) is 0 Å². The maximum absolute atomic E-state index is 3.27. The lowest BCUT2D eigenvalue weighted by Crippen LogP contribution is -2.17. The lowest BCUT2D eigenvalue weighted by Gasteiger charge is -2.16. The molecule has 1 nitrogen and oxygen atoms in total. The Kier molecular flexibility index (Phi) is 1.42. The van der Waals surface area contributed by atoms with Gasteiger partial charge in [-0.2, -0.15) is 0 Å². The number of nitrogens with one attached hydrogen (secondary N) is 1. The van der Waals surface area contributed by atoms with Crippen molar-refractivity contribution in [2.24, 2.45) is 5.92 Å². The van der Waals surface area contributed by atoms with Crippen LogP contribution in [0.25, 0.3) is 0 Å². The van der Waals surface area contributed by atoms with E-state index in [1.807, 2.05) is 11.8 Å². The molecule has 1 saturated heterocycles. The minimum Gasteiger partial charge on any atom is -0.390 e. The Morgan fingerprint density at radius 1 is 1.56 bits per heavy atom. The van der Waals surface area contributed by atoms with Gasteiger partial charge in [-0.3, -0.25) is 0 Å². The molecule has 2 aliphatic heterocycles. The van der Waals surface area contributed by atoms with Crippen molar-refractivity contribution >= 4 is 11.8 Å². The Balaban J connectivity index is 2.16. The number of fused-ring (bicyclic) bond motifs is 1. The monoisotopic (exact) mass is 141 g/mol. The summed E-state index contributed by atoms with van der Waals surface area (Å²) >= 11 is 2.02. The molecular weight excluding hydrogens is 130 g/mol. The maximum atomic E-state index is 3.27. The molecule has 0 amide bonds. The molecule has 0 aliphatic carbocycles. The largest absolute Gasteiger partial charge is 0.390 e. The van der Waals surface area contributed by atoms with Crippen molar-refractivity contribution in [1.29, 1.82) is 0 Å². The average molecular weight is 141 g/mol. The van der Waals surface area contributed by atoms with Crippen LogP contribution in [-0.2, 0) is 0 Å². The first-order valence-electron chi connectivity index (χ1n) is 3.53. The lowest BCUT2D eigenvalue weighted by atomic mass is 10.0. The van der Waals surface area contributed by atoms with Crippen LogP contribution in [0, 0.1) is 5.92 Å². The van der Waals surface area contributed by atoms with Crippen molar-refractivity contribution in [3.8, 4) is 0 Å². The third-order valence-electron chi connectivity index (χ3n) is 2.02. The highest BCUT2D eigenvalue weighted by Gasteiger charge is 2.22. The molecule has 2 heteroatoms. The van der Waals surface area contributed by atoms with E-state index in [0.717, 1.165) is 5.92 Å². The molecular formula is C7H11NS. The summed E-state index contributed by atoms with van der Waals surface area (Å²) in [5.41, 5.74) is 0. The van der Waals surface area contributed by atoms with Crippen LogP contribution in [0.3, 0.4) is 0 Å². The zero-order valence-corrected chi connectivity index (χ0v) is 6.21.